The van der Waals surface area contributed by atoms with Gasteiger partial charge in [-0.15, -0.1) is 0 Å². The molecule has 0 aliphatic rings. The van der Waals surface area contributed by atoms with Crippen molar-refractivity contribution in [3.63, 3.8) is 0 Å². The molecular formula is C16H25NO3. The van der Waals surface area contributed by atoms with E-state index in [1.54, 1.807) is 14.2 Å². The molecule has 0 saturated heterocycles. The lowest BCUT2D eigenvalue weighted by molar-refractivity contribution is -0.125. The van der Waals surface area contributed by atoms with Crippen LogP contribution >= 0.6 is 0 Å². The molecule has 0 saturated carbocycles. The van der Waals surface area contributed by atoms with Crippen LogP contribution in [0.15, 0.2) is 18.2 Å². The van der Waals surface area contributed by atoms with Crippen molar-refractivity contribution in [3.8, 4) is 11.5 Å². The summed E-state index contributed by atoms with van der Waals surface area (Å²) in [7, 11) is 3.22. The molecule has 1 N–H and O–H groups in total. The standard InChI is InChI=1S/C16H25NO3/c1-6-12(3)17-16(18)11(2)9-13-7-8-14(19-4)15(10-13)20-5/h7-8,10-12H,6,9H2,1-5H3,(H,17,18). The molecule has 0 bridgehead atoms. The Kier molecular flexibility index (Phi) is 6.36. The van der Waals surface area contributed by atoms with E-state index in [0.29, 0.717) is 17.9 Å². The van der Waals surface area contributed by atoms with Crippen LogP contribution in [0.2, 0.25) is 0 Å². The molecule has 0 aliphatic carbocycles. The zero-order valence-electron chi connectivity index (χ0n) is 13.0. The molecule has 0 heterocycles. The van der Waals surface area contributed by atoms with Gasteiger partial charge in [-0.05, 0) is 37.5 Å². The monoisotopic (exact) mass is 279 g/mol. The van der Waals surface area contributed by atoms with Crippen LogP contribution in [0.5, 0.6) is 11.5 Å². The minimum atomic E-state index is -0.0675. The number of methoxy groups -OCH3 is 2. The maximum Gasteiger partial charge on any atom is 0.223 e. The first-order valence-electron chi connectivity index (χ1n) is 7.03. The Balaban J connectivity index is 2.70. The van der Waals surface area contributed by atoms with Crippen LogP contribution in [0, 0.1) is 5.92 Å². The zero-order chi connectivity index (χ0) is 15.1. The van der Waals surface area contributed by atoms with Gasteiger partial charge in [-0.2, -0.15) is 0 Å². The molecule has 1 amide bonds. The van der Waals surface area contributed by atoms with Crippen molar-refractivity contribution in [1.29, 1.82) is 0 Å². The quantitative estimate of drug-likeness (QED) is 0.835. The smallest absolute Gasteiger partial charge is 0.223 e. The second-order valence-corrected chi connectivity index (χ2v) is 5.11. The minimum absolute atomic E-state index is 0.0675. The van der Waals surface area contributed by atoms with Crippen molar-refractivity contribution in [1.82, 2.24) is 5.32 Å². The normalized spacial score (nSPS) is 13.4. The summed E-state index contributed by atoms with van der Waals surface area (Å²) in [6.07, 6.45) is 1.62. The van der Waals surface area contributed by atoms with E-state index >= 15 is 0 Å². The van der Waals surface area contributed by atoms with Crippen LogP contribution in [-0.4, -0.2) is 26.2 Å². The molecular weight excluding hydrogens is 254 g/mol. The molecule has 0 aromatic heterocycles. The number of rotatable bonds is 7. The first-order valence-corrected chi connectivity index (χ1v) is 7.03. The lowest BCUT2D eigenvalue weighted by atomic mass is 9.99. The van der Waals surface area contributed by atoms with Gasteiger partial charge in [-0.3, -0.25) is 4.79 Å². The lowest BCUT2D eigenvalue weighted by Crippen LogP contribution is -2.36. The second-order valence-electron chi connectivity index (χ2n) is 5.11. The number of amides is 1. The van der Waals surface area contributed by atoms with E-state index in [0.717, 1.165) is 12.0 Å². The van der Waals surface area contributed by atoms with Crippen molar-refractivity contribution in [2.24, 2.45) is 5.92 Å². The maximum absolute atomic E-state index is 12.0. The molecule has 1 aromatic carbocycles. The third-order valence-corrected chi connectivity index (χ3v) is 3.44. The van der Waals surface area contributed by atoms with Gasteiger partial charge in [-0.25, -0.2) is 0 Å². The van der Waals surface area contributed by atoms with E-state index < -0.39 is 0 Å². The number of carbonyl (C=O) groups is 1. The summed E-state index contributed by atoms with van der Waals surface area (Å²) >= 11 is 0. The number of carbonyl (C=O) groups excluding carboxylic acids is 1. The van der Waals surface area contributed by atoms with Gasteiger partial charge in [0, 0.05) is 12.0 Å². The molecule has 0 fully saturated rings. The van der Waals surface area contributed by atoms with Crippen molar-refractivity contribution in [2.75, 3.05) is 14.2 Å². The van der Waals surface area contributed by atoms with Crippen LogP contribution in [-0.2, 0) is 11.2 Å². The fourth-order valence-corrected chi connectivity index (χ4v) is 1.94. The van der Waals surface area contributed by atoms with E-state index in [-0.39, 0.29) is 17.9 Å². The molecule has 20 heavy (non-hydrogen) atoms. The molecule has 0 radical (unpaired) electrons. The Bertz CT molecular complexity index is 445. The van der Waals surface area contributed by atoms with Crippen molar-refractivity contribution in [3.05, 3.63) is 23.8 Å². The van der Waals surface area contributed by atoms with Gasteiger partial charge in [0.1, 0.15) is 0 Å². The van der Waals surface area contributed by atoms with Crippen LogP contribution in [0.1, 0.15) is 32.8 Å². The third-order valence-electron chi connectivity index (χ3n) is 3.44. The third kappa shape index (κ3) is 4.44. The van der Waals surface area contributed by atoms with Gasteiger partial charge >= 0.3 is 0 Å². The van der Waals surface area contributed by atoms with Gasteiger partial charge in [0.15, 0.2) is 11.5 Å². The summed E-state index contributed by atoms with van der Waals surface area (Å²) in [5.74, 6) is 1.42. The van der Waals surface area contributed by atoms with Crippen LogP contribution in [0.3, 0.4) is 0 Å². The van der Waals surface area contributed by atoms with E-state index in [1.807, 2.05) is 32.0 Å². The lowest BCUT2D eigenvalue weighted by Gasteiger charge is -2.17. The Labute approximate surface area is 121 Å². The maximum atomic E-state index is 12.0. The fraction of sp³-hybridized carbons (Fsp3) is 0.562. The van der Waals surface area contributed by atoms with E-state index in [1.165, 1.54) is 0 Å². The molecule has 2 atom stereocenters. The van der Waals surface area contributed by atoms with Gasteiger partial charge in [0.25, 0.3) is 0 Å². The molecule has 1 rings (SSSR count). The van der Waals surface area contributed by atoms with Crippen molar-refractivity contribution in [2.45, 2.75) is 39.7 Å². The van der Waals surface area contributed by atoms with E-state index in [4.69, 9.17) is 9.47 Å². The van der Waals surface area contributed by atoms with E-state index in [9.17, 15) is 4.79 Å². The summed E-state index contributed by atoms with van der Waals surface area (Å²) in [5.41, 5.74) is 1.06. The van der Waals surface area contributed by atoms with Crippen LogP contribution in [0.4, 0.5) is 0 Å². The highest BCUT2D eigenvalue weighted by atomic mass is 16.5. The first-order chi connectivity index (χ1) is 9.51. The molecule has 0 aliphatic heterocycles. The van der Waals surface area contributed by atoms with E-state index in [2.05, 4.69) is 12.2 Å². The molecule has 2 unspecified atom stereocenters. The SMILES string of the molecule is CCC(C)NC(=O)C(C)Cc1ccc(OC)c(OC)c1. The predicted molar refractivity (Wildman–Crippen MR) is 80.3 cm³/mol. The summed E-state index contributed by atoms with van der Waals surface area (Å²) in [5, 5.41) is 3.01. The Morgan fingerprint density at radius 1 is 1.20 bits per heavy atom. The Morgan fingerprint density at radius 2 is 1.85 bits per heavy atom. The topological polar surface area (TPSA) is 47.6 Å². The molecule has 112 valence electrons. The molecule has 4 heteroatoms. The van der Waals surface area contributed by atoms with Gasteiger partial charge in [-0.1, -0.05) is 19.9 Å². The summed E-state index contributed by atoms with van der Waals surface area (Å²) in [4.78, 5) is 12.0. The molecule has 0 spiro atoms. The van der Waals surface area contributed by atoms with Gasteiger partial charge < -0.3 is 14.8 Å². The van der Waals surface area contributed by atoms with Crippen molar-refractivity contribution >= 4 is 5.91 Å². The van der Waals surface area contributed by atoms with Crippen molar-refractivity contribution < 1.29 is 14.3 Å². The highest BCUT2D eigenvalue weighted by molar-refractivity contribution is 5.78. The highest BCUT2D eigenvalue weighted by Crippen LogP contribution is 2.28. The number of benzene rings is 1. The zero-order valence-corrected chi connectivity index (χ0v) is 13.0. The second kappa shape index (κ2) is 7.78. The number of hydrogen-bond donors (Lipinski definition) is 1. The molecule has 4 nitrogen and oxygen atoms in total. The number of hydrogen-bond acceptors (Lipinski definition) is 3. The summed E-state index contributed by atoms with van der Waals surface area (Å²) in [6.45, 7) is 6.01. The minimum Gasteiger partial charge on any atom is -0.493 e. The summed E-state index contributed by atoms with van der Waals surface area (Å²) < 4.78 is 10.5. The Hall–Kier alpha value is -1.71. The van der Waals surface area contributed by atoms with Crippen LogP contribution in [0.25, 0.3) is 0 Å². The summed E-state index contributed by atoms with van der Waals surface area (Å²) in [6, 6.07) is 5.98. The Morgan fingerprint density at radius 3 is 2.40 bits per heavy atom. The predicted octanol–water partition coefficient (Wildman–Crippen LogP) is 2.80. The average molecular weight is 279 g/mol. The fourth-order valence-electron chi connectivity index (χ4n) is 1.94. The van der Waals surface area contributed by atoms with Crippen LogP contribution < -0.4 is 14.8 Å². The molecule has 1 aromatic rings. The number of ether oxygens (including phenoxy) is 2. The first kappa shape index (κ1) is 16.3. The average Bonchev–Trinajstić information content (AvgIpc) is 2.46. The largest absolute Gasteiger partial charge is 0.493 e. The number of nitrogens with one attached hydrogen (secondary N) is 1. The van der Waals surface area contributed by atoms with Gasteiger partial charge in [0.2, 0.25) is 5.91 Å². The highest BCUT2D eigenvalue weighted by Gasteiger charge is 2.16. The van der Waals surface area contributed by atoms with Gasteiger partial charge in [0.05, 0.1) is 14.2 Å².